The van der Waals surface area contributed by atoms with Crippen molar-refractivity contribution < 1.29 is 19.4 Å². The van der Waals surface area contributed by atoms with E-state index in [0.29, 0.717) is 29.5 Å². The van der Waals surface area contributed by atoms with Crippen LogP contribution in [0.2, 0.25) is 0 Å². The van der Waals surface area contributed by atoms with Gasteiger partial charge in [-0.1, -0.05) is 0 Å². The van der Waals surface area contributed by atoms with Gasteiger partial charge in [0.05, 0.1) is 13.7 Å². The van der Waals surface area contributed by atoms with E-state index in [9.17, 15) is 4.79 Å². The number of tetrazole rings is 1. The fourth-order valence-electron chi connectivity index (χ4n) is 1.63. The number of benzene rings is 1. The van der Waals surface area contributed by atoms with Gasteiger partial charge in [-0.3, -0.25) is 4.79 Å². The third kappa shape index (κ3) is 3.02. The van der Waals surface area contributed by atoms with Crippen molar-refractivity contribution in [3.8, 4) is 22.9 Å². The van der Waals surface area contributed by atoms with Crippen LogP contribution in [-0.4, -0.2) is 45.0 Å². The predicted molar refractivity (Wildman–Crippen MR) is 68.6 cm³/mol. The minimum absolute atomic E-state index is 0.329. The zero-order valence-electron chi connectivity index (χ0n) is 11.1. The number of carboxylic acids is 1. The maximum absolute atomic E-state index is 10.6. The van der Waals surface area contributed by atoms with E-state index in [1.54, 1.807) is 25.3 Å². The summed E-state index contributed by atoms with van der Waals surface area (Å²) in [6.45, 7) is 2.04. The number of aliphatic carboxylic acids is 1. The van der Waals surface area contributed by atoms with Crippen LogP contribution in [-0.2, 0) is 11.3 Å². The summed E-state index contributed by atoms with van der Waals surface area (Å²) in [5.41, 5.74) is 0.672. The Hall–Kier alpha value is -2.64. The van der Waals surface area contributed by atoms with E-state index in [-0.39, 0.29) is 6.54 Å². The van der Waals surface area contributed by atoms with E-state index in [4.69, 9.17) is 14.6 Å². The van der Waals surface area contributed by atoms with Crippen molar-refractivity contribution in [2.24, 2.45) is 0 Å². The van der Waals surface area contributed by atoms with Gasteiger partial charge in [0.15, 0.2) is 18.0 Å². The molecule has 2 rings (SSSR count). The Kier molecular flexibility index (Phi) is 4.14. The molecule has 0 amide bonds. The zero-order chi connectivity index (χ0) is 14.5. The number of ether oxygens (including phenoxy) is 2. The molecule has 106 valence electrons. The highest BCUT2D eigenvalue weighted by Crippen LogP contribution is 2.31. The van der Waals surface area contributed by atoms with Crippen molar-refractivity contribution in [1.29, 1.82) is 0 Å². The number of carboxylic acid groups (broad SMARTS) is 1. The first-order valence-electron chi connectivity index (χ1n) is 5.95. The summed E-state index contributed by atoms with van der Waals surface area (Å²) in [6.07, 6.45) is 0. The Morgan fingerprint density at radius 1 is 1.40 bits per heavy atom. The minimum atomic E-state index is -1.03. The van der Waals surface area contributed by atoms with E-state index >= 15 is 0 Å². The van der Waals surface area contributed by atoms with Gasteiger partial charge in [-0.05, 0) is 30.3 Å². The van der Waals surface area contributed by atoms with E-state index in [1.807, 2.05) is 6.92 Å². The monoisotopic (exact) mass is 278 g/mol. The van der Waals surface area contributed by atoms with Crippen molar-refractivity contribution in [2.45, 2.75) is 13.5 Å². The van der Waals surface area contributed by atoms with Crippen LogP contribution >= 0.6 is 0 Å². The second-order valence-corrected chi connectivity index (χ2v) is 3.84. The van der Waals surface area contributed by atoms with Gasteiger partial charge in [0.1, 0.15) is 0 Å². The van der Waals surface area contributed by atoms with Gasteiger partial charge >= 0.3 is 5.97 Å². The predicted octanol–water partition coefficient (Wildman–Crippen LogP) is 0.832. The van der Waals surface area contributed by atoms with Gasteiger partial charge in [0.2, 0.25) is 5.82 Å². The summed E-state index contributed by atoms with van der Waals surface area (Å²) in [7, 11) is 1.55. The summed E-state index contributed by atoms with van der Waals surface area (Å²) in [5, 5.41) is 20.2. The summed E-state index contributed by atoms with van der Waals surface area (Å²) >= 11 is 0. The molecule has 0 atom stereocenters. The maximum atomic E-state index is 10.6. The summed E-state index contributed by atoms with van der Waals surface area (Å²) in [6, 6.07) is 5.21. The molecule has 0 saturated heterocycles. The molecule has 0 spiro atoms. The quantitative estimate of drug-likeness (QED) is 0.835. The number of hydrogen-bond donors (Lipinski definition) is 1. The van der Waals surface area contributed by atoms with E-state index in [1.165, 1.54) is 0 Å². The molecule has 0 bridgehead atoms. The first-order valence-corrected chi connectivity index (χ1v) is 5.95. The molecule has 0 aliphatic rings. The lowest BCUT2D eigenvalue weighted by Crippen LogP contribution is -2.11. The molecule has 1 aromatic heterocycles. The maximum Gasteiger partial charge on any atom is 0.327 e. The Morgan fingerprint density at radius 2 is 2.20 bits per heavy atom. The molecule has 8 heteroatoms. The van der Waals surface area contributed by atoms with Crippen LogP contribution in [0.1, 0.15) is 6.92 Å². The van der Waals surface area contributed by atoms with Gasteiger partial charge in [-0.2, -0.15) is 4.80 Å². The molecular weight excluding hydrogens is 264 g/mol. The smallest absolute Gasteiger partial charge is 0.327 e. The molecule has 2 aromatic rings. The summed E-state index contributed by atoms with van der Waals surface area (Å²) in [5.74, 6) is 0.476. The van der Waals surface area contributed by atoms with Crippen molar-refractivity contribution in [1.82, 2.24) is 20.2 Å². The van der Waals surface area contributed by atoms with E-state index in [2.05, 4.69) is 15.4 Å². The number of aromatic nitrogens is 4. The van der Waals surface area contributed by atoms with Crippen molar-refractivity contribution in [3.63, 3.8) is 0 Å². The number of rotatable bonds is 6. The first kappa shape index (κ1) is 13.8. The molecular formula is C12H14N4O4. The van der Waals surface area contributed by atoms with Crippen molar-refractivity contribution in [2.75, 3.05) is 13.7 Å². The number of nitrogens with zero attached hydrogens (tertiary/aromatic N) is 4. The lowest BCUT2D eigenvalue weighted by atomic mass is 10.2. The van der Waals surface area contributed by atoms with Crippen molar-refractivity contribution in [3.05, 3.63) is 18.2 Å². The van der Waals surface area contributed by atoms with Gasteiger partial charge < -0.3 is 14.6 Å². The SMILES string of the molecule is CCOc1cc(-c2nnn(CC(=O)O)n2)ccc1OC. The third-order valence-corrected chi connectivity index (χ3v) is 2.45. The fourth-order valence-corrected chi connectivity index (χ4v) is 1.63. The van der Waals surface area contributed by atoms with Crippen LogP contribution in [0.4, 0.5) is 0 Å². The minimum Gasteiger partial charge on any atom is -0.493 e. The van der Waals surface area contributed by atoms with Crippen LogP contribution in [0.3, 0.4) is 0 Å². The van der Waals surface area contributed by atoms with Gasteiger partial charge in [-0.25, -0.2) is 0 Å². The molecule has 1 heterocycles. The van der Waals surface area contributed by atoms with Crippen molar-refractivity contribution >= 4 is 5.97 Å². The molecule has 20 heavy (non-hydrogen) atoms. The van der Waals surface area contributed by atoms with Crippen LogP contribution < -0.4 is 9.47 Å². The Balaban J connectivity index is 2.30. The molecule has 0 radical (unpaired) electrons. The number of methoxy groups -OCH3 is 1. The molecule has 1 aromatic carbocycles. The van der Waals surface area contributed by atoms with E-state index in [0.717, 1.165) is 4.80 Å². The van der Waals surface area contributed by atoms with E-state index < -0.39 is 5.97 Å². The first-order chi connectivity index (χ1) is 9.63. The number of carbonyl (C=O) groups is 1. The van der Waals surface area contributed by atoms with Gasteiger partial charge in [-0.15, -0.1) is 10.2 Å². The third-order valence-electron chi connectivity index (χ3n) is 2.45. The summed E-state index contributed by atoms with van der Waals surface area (Å²) < 4.78 is 10.6. The highest BCUT2D eigenvalue weighted by atomic mass is 16.5. The molecule has 0 fully saturated rings. The van der Waals surface area contributed by atoms with Gasteiger partial charge in [0, 0.05) is 5.56 Å². The average molecular weight is 278 g/mol. The molecule has 1 N–H and O–H groups in total. The van der Waals surface area contributed by atoms with Crippen LogP contribution in [0.25, 0.3) is 11.4 Å². The molecule has 0 unspecified atom stereocenters. The van der Waals surface area contributed by atoms with Crippen LogP contribution in [0.15, 0.2) is 18.2 Å². The summed E-state index contributed by atoms with van der Waals surface area (Å²) in [4.78, 5) is 11.6. The highest BCUT2D eigenvalue weighted by Gasteiger charge is 2.12. The Labute approximate surface area is 114 Å². The van der Waals surface area contributed by atoms with Gasteiger partial charge in [0.25, 0.3) is 0 Å². The largest absolute Gasteiger partial charge is 0.493 e. The highest BCUT2D eigenvalue weighted by molar-refractivity contribution is 5.66. The normalized spacial score (nSPS) is 10.3. The zero-order valence-corrected chi connectivity index (χ0v) is 11.1. The molecule has 0 saturated carbocycles. The lowest BCUT2D eigenvalue weighted by molar-refractivity contribution is -0.138. The Bertz CT molecular complexity index is 611. The topological polar surface area (TPSA) is 99.4 Å². The Morgan fingerprint density at radius 3 is 2.85 bits per heavy atom. The standard InChI is InChI=1S/C12H14N4O4/c1-3-20-10-6-8(4-5-9(10)19-2)12-13-15-16(14-12)7-11(17)18/h4-6H,3,7H2,1-2H3,(H,17,18). The molecule has 0 aliphatic heterocycles. The molecule has 8 nitrogen and oxygen atoms in total. The lowest BCUT2D eigenvalue weighted by Gasteiger charge is -2.09. The van der Waals surface area contributed by atoms with Crippen LogP contribution in [0, 0.1) is 0 Å². The fraction of sp³-hybridized carbons (Fsp3) is 0.333. The second kappa shape index (κ2) is 6.00. The number of hydrogen-bond acceptors (Lipinski definition) is 6. The van der Waals surface area contributed by atoms with Crippen LogP contribution in [0.5, 0.6) is 11.5 Å². The average Bonchev–Trinajstić information content (AvgIpc) is 2.86. The molecule has 0 aliphatic carbocycles. The second-order valence-electron chi connectivity index (χ2n) is 3.84.